The summed E-state index contributed by atoms with van der Waals surface area (Å²) in [6, 6.07) is 13.3. The fourth-order valence-electron chi connectivity index (χ4n) is 1.99. The number of hydrogen-bond acceptors (Lipinski definition) is 5. The number of aromatic nitrogens is 4. The molecule has 1 aromatic carbocycles. The summed E-state index contributed by atoms with van der Waals surface area (Å²) in [6.07, 6.45) is 2.64. The van der Waals surface area contributed by atoms with Crippen LogP contribution in [-0.4, -0.2) is 25.6 Å². The summed E-state index contributed by atoms with van der Waals surface area (Å²) < 4.78 is 1.48. The minimum Gasteiger partial charge on any atom is -0.335 e. The number of nitrogens with zero attached hydrogens (tertiary/aromatic N) is 4. The lowest BCUT2D eigenvalue weighted by Gasteiger charge is -2.05. The fourth-order valence-corrected chi connectivity index (χ4v) is 3.03. The Hall–Kier alpha value is -2.05. The Kier molecular flexibility index (Phi) is 4.60. The van der Waals surface area contributed by atoms with Crippen molar-refractivity contribution in [1.29, 1.82) is 0 Å². The predicted molar refractivity (Wildman–Crippen MR) is 89.3 cm³/mol. The van der Waals surface area contributed by atoms with E-state index in [1.807, 2.05) is 36.4 Å². The van der Waals surface area contributed by atoms with Gasteiger partial charge in [0.1, 0.15) is 0 Å². The molecule has 2 aromatic heterocycles. The Morgan fingerprint density at radius 3 is 2.68 bits per heavy atom. The van der Waals surface area contributed by atoms with Crippen LogP contribution in [0.15, 0.2) is 53.8 Å². The standard InChI is InChI=1S/C15H14ClN5S/c16-13-7-2-1-6-12(13)14-19-20-15(21(14)17)22-10-8-11-5-3-4-9-18-11/h1-7,9H,8,10,17H2. The van der Waals surface area contributed by atoms with E-state index in [2.05, 4.69) is 15.2 Å². The van der Waals surface area contributed by atoms with E-state index in [0.29, 0.717) is 16.0 Å². The van der Waals surface area contributed by atoms with Gasteiger partial charge in [-0.3, -0.25) is 4.98 Å². The second-order valence-electron chi connectivity index (χ2n) is 4.58. The van der Waals surface area contributed by atoms with E-state index in [9.17, 15) is 0 Å². The first-order valence-electron chi connectivity index (χ1n) is 6.74. The van der Waals surface area contributed by atoms with Gasteiger partial charge >= 0.3 is 0 Å². The molecule has 2 N–H and O–H groups in total. The van der Waals surface area contributed by atoms with E-state index < -0.39 is 0 Å². The van der Waals surface area contributed by atoms with Crippen LogP contribution in [0.4, 0.5) is 0 Å². The summed E-state index contributed by atoms with van der Waals surface area (Å²) in [5.74, 6) is 7.47. The number of halogens is 1. The van der Waals surface area contributed by atoms with E-state index >= 15 is 0 Å². The molecular formula is C15H14ClN5S. The maximum atomic E-state index is 6.17. The van der Waals surface area contributed by atoms with Crippen LogP contribution in [0.5, 0.6) is 0 Å². The van der Waals surface area contributed by atoms with Crippen molar-refractivity contribution in [3.63, 3.8) is 0 Å². The molecule has 0 atom stereocenters. The highest BCUT2D eigenvalue weighted by atomic mass is 35.5. The number of nitrogen functional groups attached to an aromatic ring is 1. The Balaban J connectivity index is 1.70. The summed E-state index contributed by atoms with van der Waals surface area (Å²) in [5, 5.41) is 9.54. The van der Waals surface area contributed by atoms with Crippen LogP contribution in [0, 0.1) is 0 Å². The first kappa shape index (κ1) is 14.9. The summed E-state index contributed by atoms with van der Waals surface area (Å²) in [5.41, 5.74) is 1.82. The topological polar surface area (TPSA) is 69.6 Å². The van der Waals surface area contributed by atoms with Gasteiger partial charge in [-0.15, -0.1) is 10.2 Å². The Morgan fingerprint density at radius 2 is 1.91 bits per heavy atom. The molecule has 0 aliphatic rings. The molecule has 3 rings (SSSR count). The molecule has 3 aromatic rings. The Morgan fingerprint density at radius 1 is 1.09 bits per heavy atom. The largest absolute Gasteiger partial charge is 0.335 e. The normalized spacial score (nSPS) is 10.8. The third kappa shape index (κ3) is 3.23. The summed E-state index contributed by atoms with van der Waals surface area (Å²) in [6.45, 7) is 0. The number of pyridine rings is 1. The highest BCUT2D eigenvalue weighted by Gasteiger charge is 2.14. The molecule has 0 unspecified atom stereocenters. The number of thioether (sulfide) groups is 1. The van der Waals surface area contributed by atoms with Crippen LogP contribution in [0.25, 0.3) is 11.4 Å². The average Bonchev–Trinajstić information content (AvgIpc) is 2.90. The number of hydrogen-bond donors (Lipinski definition) is 1. The predicted octanol–water partition coefficient (Wildman–Crippen LogP) is 3.04. The summed E-state index contributed by atoms with van der Waals surface area (Å²) in [7, 11) is 0. The van der Waals surface area contributed by atoms with Gasteiger partial charge < -0.3 is 5.84 Å². The summed E-state index contributed by atoms with van der Waals surface area (Å²) >= 11 is 7.72. The van der Waals surface area contributed by atoms with Gasteiger partial charge in [-0.1, -0.05) is 41.6 Å². The van der Waals surface area contributed by atoms with Crippen molar-refractivity contribution >= 4 is 23.4 Å². The lowest BCUT2D eigenvalue weighted by atomic mass is 10.2. The second-order valence-corrected chi connectivity index (χ2v) is 6.04. The van der Waals surface area contributed by atoms with E-state index in [1.165, 1.54) is 4.68 Å². The van der Waals surface area contributed by atoms with Crippen LogP contribution in [0.1, 0.15) is 5.69 Å². The maximum absolute atomic E-state index is 6.17. The molecule has 5 nitrogen and oxygen atoms in total. The molecule has 0 bridgehead atoms. The first-order valence-corrected chi connectivity index (χ1v) is 8.10. The average molecular weight is 332 g/mol. The number of nitrogens with two attached hydrogens (primary N) is 1. The van der Waals surface area contributed by atoms with Crippen LogP contribution in [0.2, 0.25) is 5.02 Å². The van der Waals surface area contributed by atoms with Gasteiger partial charge in [-0.25, -0.2) is 4.68 Å². The monoisotopic (exact) mass is 331 g/mol. The minimum absolute atomic E-state index is 0.561. The van der Waals surface area contributed by atoms with Gasteiger partial charge in [-0.2, -0.15) is 0 Å². The van der Waals surface area contributed by atoms with E-state index in [4.69, 9.17) is 17.4 Å². The summed E-state index contributed by atoms with van der Waals surface area (Å²) in [4.78, 5) is 4.29. The SMILES string of the molecule is Nn1c(SCCc2ccccn2)nnc1-c1ccccc1Cl. The van der Waals surface area contributed by atoms with Crippen molar-refractivity contribution < 1.29 is 0 Å². The maximum Gasteiger partial charge on any atom is 0.210 e. The number of benzene rings is 1. The Bertz CT molecular complexity index is 760. The molecule has 0 aliphatic heterocycles. The molecule has 112 valence electrons. The van der Waals surface area contributed by atoms with Crippen molar-refractivity contribution in [2.45, 2.75) is 11.6 Å². The van der Waals surface area contributed by atoms with Crippen LogP contribution >= 0.6 is 23.4 Å². The van der Waals surface area contributed by atoms with Crippen molar-refractivity contribution in [3.05, 3.63) is 59.4 Å². The van der Waals surface area contributed by atoms with Gasteiger partial charge in [0.15, 0.2) is 5.82 Å². The Labute approximate surface area is 137 Å². The molecule has 0 radical (unpaired) electrons. The lowest BCUT2D eigenvalue weighted by Crippen LogP contribution is -2.12. The van der Waals surface area contributed by atoms with Crippen LogP contribution in [-0.2, 0) is 6.42 Å². The smallest absolute Gasteiger partial charge is 0.210 e. The molecule has 0 saturated carbocycles. The molecular weight excluding hydrogens is 318 g/mol. The molecule has 0 aliphatic carbocycles. The fraction of sp³-hybridized carbons (Fsp3) is 0.133. The van der Waals surface area contributed by atoms with Gasteiger partial charge in [0, 0.05) is 23.2 Å². The van der Waals surface area contributed by atoms with Gasteiger partial charge in [-0.05, 0) is 30.7 Å². The molecule has 22 heavy (non-hydrogen) atoms. The third-order valence-electron chi connectivity index (χ3n) is 3.09. The molecule has 7 heteroatoms. The molecule has 0 fully saturated rings. The van der Waals surface area contributed by atoms with Crippen molar-refractivity contribution in [1.82, 2.24) is 19.9 Å². The third-order valence-corrected chi connectivity index (χ3v) is 4.37. The zero-order chi connectivity index (χ0) is 15.4. The van der Waals surface area contributed by atoms with Crippen molar-refractivity contribution in [3.8, 4) is 11.4 Å². The molecule has 0 amide bonds. The first-order chi connectivity index (χ1) is 10.8. The van der Waals surface area contributed by atoms with Crippen LogP contribution < -0.4 is 5.84 Å². The zero-order valence-electron chi connectivity index (χ0n) is 11.7. The van der Waals surface area contributed by atoms with E-state index in [0.717, 1.165) is 23.4 Å². The van der Waals surface area contributed by atoms with Gasteiger partial charge in [0.2, 0.25) is 5.16 Å². The molecule has 2 heterocycles. The molecule has 0 spiro atoms. The van der Waals surface area contributed by atoms with Crippen LogP contribution in [0.3, 0.4) is 0 Å². The minimum atomic E-state index is 0.561. The zero-order valence-corrected chi connectivity index (χ0v) is 13.3. The highest BCUT2D eigenvalue weighted by molar-refractivity contribution is 7.99. The highest BCUT2D eigenvalue weighted by Crippen LogP contribution is 2.27. The van der Waals surface area contributed by atoms with Crippen molar-refractivity contribution in [2.24, 2.45) is 0 Å². The van der Waals surface area contributed by atoms with Gasteiger partial charge in [0.05, 0.1) is 5.02 Å². The second kappa shape index (κ2) is 6.81. The van der Waals surface area contributed by atoms with Crippen molar-refractivity contribution in [2.75, 3.05) is 11.6 Å². The van der Waals surface area contributed by atoms with E-state index in [-0.39, 0.29) is 0 Å². The van der Waals surface area contributed by atoms with E-state index in [1.54, 1.807) is 24.0 Å². The number of rotatable bonds is 5. The lowest BCUT2D eigenvalue weighted by molar-refractivity contribution is 0.848. The quantitative estimate of drug-likeness (QED) is 0.575. The number of aryl methyl sites for hydroxylation is 1. The molecule has 0 saturated heterocycles. The van der Waals surface area contributed by atoms with Gasteiger partial charge in [0.25, 0.3) is 0 Å².